The second-order valence-corrected chi connectivity index (χ2v) is 5.98. The molecule has 0 aromatic carbocycles. The zero-order valence-corrected chi connectivity index (χ0v) is 12.1. The predicted molar refractivity (Wildman–Crippen MR) is 80.6 cm³/mol. The Kier molecular flexibility index (Phi) is 4.28. The number of rotatable bonds is 4. The summed E-state index contributed by atoms with van der Waals surface area (Å²) >= 11 is 9.50. The molecule has 0 bridgehead atoms. The summed E-state index contributed by atoms with van der Waals surface area (Å²) in [6, 6.07) is 0.974. The molecule has 2 rings (SSSR count). The number of thiocarbonyl (C=S) groups is 1. The second kappa shape index (κ2) is 5.55. The maximum Gasteiger partial charge on any atom is 0.0708 e. The first-order chi connectivity index (χ1) is 8.11. The van der Waals surface area contributed by atoms with Gasteiger partial charge in [-0.2, -0.15) is 0 Å². The number of allylic oxidation sites excluding steroid dienone is 1. The summed E-state index contributed by atoms with van der Waals surface area (Å²) in [5.74, 6) is 0. The normalized spacial score (nSPS) is 25.1. The van der Waals surface area contributed by atoms with Gasteiger partial charge in [0.05, 0.1) is 4.20 Å². The molecule has 0 saturated carbocycles. The molecule has 0 radical (unpaired) electrons. The molecule has 2 atom stereocenters. The molecule has 0 spiro atoms. The molecule has 0 fully saturated rings. The van der Waals surface area contributed by atoms with Crippen LogP contribution in [-0.4, -0.2) is 22.8 Å². The van der Waals surface area contributed by atoms with Crippen molar-refractivity contribution < 1.29 is 0 Å². The van der Waals surface area contributed by atoms with E-state index in [2.05, 4.69) is 43.2 Å². The van der Waals surface area contributed by atoms with Crippen LogP contribution in [0, 0.1) is 0 Å². The van der Waals surface area contributed by atoms with Crippen LogP contribution in [0.5, 0.6) is 0 Å². The van der Waals surface area contributed by atoms with E-state index in [4.69, 9.17) is 12.2 Å². The first kappa shape index (κ1) is 13.1. The Morgan fingerprint density at radius 3 is 3.12 bits per heavy atom. The van der Waals surface area contributed by atoms with Crippen molar-refractivity contribution in [2.24, 2.45) is 0 Å². The molecule has 2 N–H and O–H groups in total. The lowest BCUT2D eigenvalue weighted by atomic mass is 9.91. The topological polar surface area (TPSA) is 24.1 Å². The minimum atomic E-state index is 0.431. The van der Waals surface area contributed by atoms with E-state index in [-0.39, 0.29) is 0 Å². The SMILES string of the molecule is CCC(C)NC1CC(C(=S)S)=CC2=C1CCN2. The van der Waals surface area contributed by atoms with Crippen molar-refractivity contribution in [2.45, 2.75) is 45.2 Å². The van der Waals surface area contributed by atoms with Crippen LogP contribution in [0.4, 0.5) is 0 Å². The molecule has 4 heteroatoms. The average Bonchev–Trinajstić information content (AvgIpc) is 2.76. The Labute approximate surface area is 114 Å². The minimum absolute atomic E-state index is 0.431. The van der Waals surface area contributed by atoms with Gasteiger partial charge < -0.3 is 10.6 Å². The van der Waals surface area contributed by atoms with Gasteiger partial charge in [0.2, 0.25) is 0 Å². The summed E-state index contributed by atoms with van der Waals surface area (Å²) in [6.07, 6.45) is 5.45. The molecule has 2 nitrogen and oxygen atoms in total. The molecule has 2 unspecified atom stereocenters. The highest BCUT2D eigenvalue weighted by Gasteiger charge is 2.28. The molecule has 1 heterocycles. The molecule has 0 amide bonds. The number of hydrogen-bond donors (Lipinski definition) is 3. The molecule has 1 aliphatic heterocycles. The predicted octanol–water partition coefficient (Wildman–Crippen LogP) is 2.58. The van der Waals surface area contributed by atoms with Crippen molar-refractivity contribution in [3.8, 4) is 0 Å². The van der Waals surface area contributed by atoms with Crippen LogP contribution in [-0.2, 0) is 0 Å². The summed E-state index contributed by atoms with van der Waals surface area (Å²) < 4.78 is 0.723. The zero-order chi connectivity index (χ0) is 12.4. The van der Waals surface area contributed by atoms with Crippen LogP contribution in [0.15, 0.2) is 22.9 Å². The van der Waals surface area contributed by atoms with Crippen LogP contribution < -0.4 is 10.6 Å². The largest absolute Gasteiger partial charge is 0.385 e. The second-order valence-electron chi connectivity index (χ2n) is 4.82. The van der Waals surface area contributed by atoms with E-state index < -0.39 is 0 Å². The van der Waals surface area contributed by atoms with Crippen molar-refractivity contribution >= 4 is 29.0 Å². The maximum atomic E-state index is 5.19. The Balaban J connectivity index is 2.18. The fraction of sp³-hybridized carbons (Fsp3) is 0.615. The highest BCUT2D eigenvalue weighted by atomic mass is 32.1. The van der Waals surface area contributed by atoms with Gasteiger partial charge in [0.15, 0.2) is 0 Å². The van der Waals surface area contributed by atoms with Gasteiger partial charge in [-0.05, 0) is 43.4 Å². The molecule has 94 valence electrons. The maximum absolute atomic E-state index is 5.19. The monoisotopic (exact) mass is 268 g/mol. The summed E-state index contributed by atoms with van der Waals surface area (Å²) in [5.41, 5.74) is 3.96. The summed E-state index contributed by atoms with van der Waals surface area (Å²) in [7, 11) is 0. The fourth-order valence-corrected chi connectivity index (χ4v) is 2.73. The van der Waals surface area contributed by atoms with E-state index in [0.29, 0.717) is 12.1 Å². The Morgan fingerprint density at radius 1 is 1.71 bits per heavy atom. The van der Waals surface area contributed by atoms with Crippen LogP contribution in [0.3, 0.4) is 0 Å². The Bertz CT molecular complexity index is 385. The van der Waals surface area contributed by atoms with Crippen molar-refractivity contribution in [3.63, 3.8) is 0 Å². The van der Waals surface area contributed by atoms with Gasteiger partial charge in [-0.15, -0.1) is 12.6 Å². The van der Waals surface area contributed by atoms with E-state index in [1.165, 1.54) is 16.8 Å². The van der Waals surface area contributed by atoms with Crippen molar-refractivity contribution in [3.05, 3.63) is 22.9 Å². The molecule has 0 saturated heterocycles. The van der Waals surface area contributed by atoms with Gasteiger partial charge in [0, 0.05) is 24.3 Å². The molecule has 1 aliphatic carbocycles. The Hall–Kier alpha value is -0.320. The standard InChI is InChI=1S/C13H20N2S2/c1-3-8(2)15-12-7-9(13(16)17)6-11-10(12)4-5-14-11/h6,8,12,14-15H,3-5,7H2,1-2H3,(H,16,17). The third-order valence-electron chi connectivity index (χ3n) is 3.59. The lowest BCUT2D eigenvalue weighted by molar-refractivity contribution is 0.464. The molecular weight excluding hydrogens is 248 g/mol. The van der Waals surface area contributed by atoms with Gasteiger partial charge in [-0.1, -0.05) is 19.1 Å². The highest BCUT2D eigenvalue weighted by Crippen LogP contribution is 2.30. The van der Waals surface area contributed by atoms with Gasteiger partial charge in [0.25, 0.3) is 0 Å². The van der Waals surface area contributed by atoms with E-state index >= 15 is 0 Å². The molecule has 2 aliphatic rings. The van der Waals surface area contributed by atoms with Crippen LogP contribution in [0.25, 0.3) is 0 Å². The fourth-order valence-electron chi connectivity index (χ4n) is 2.43. The molecular formula is C13H20N2S2. The van der Waals surface area contributed by atoms with Crippen molar-refractivity contribution in [2.75, 3.05) is 6.54 Å². The lowest BCUT2D eigenvalue weighted by Gasteiger charge is -2.28. The van der Waals surface area contributed by atoms with Gasteiger partial charge in [-0.3, -0.25) is 0 Å². The van der Waals surface area contributed by atoms with Crippen LogP contribution >= 0.6 is 24.8 Å². The van der Waals surface area contributed by atoms with Gasteiger partial charge in [-0.25, -0.2) is 0 Å². The van der Waals surface area contributed by atoms with Crippen LogP contribution in [0.2, 0.25) is 0 Å². The molecule has 0 aromatic heterocycles. The number of hydrogen-bond acceptors (Lipinski definition) is 3. The van der Waals surface area contributed by atoms with Gasteiger partial charge >= 0.3 is 0 Å². The lowest BCUT2D eigenvalue weighted by Crippen LogP contribution is -2.39. The van der Waals surface area contributed by atoms with E-state index in [1.807, 2.05) is 0 Å². The first-order valence-electron chi connectivity index (χ1n) is 6.28. The molecule has 0 aromatic rings. The van der Waals surface area contributed by atoms with Crippen molar-refractivity contribution in [1.82, 2.24) is 10.6 Å². The first-order valence-corrected chi connectivity index (χ1v) is 7.14. The van der Waals surface area contributed by atoms with Crippen LogP contribution in [0.1, 0.15) is 33.1 Å². The van der Waals surface area contributed by atoms with E-state index in [0.717, 1.165) is 30.0 Å². The van der Waals surface area contributed by atoms with E-state index in [1.54, 1.807) is 0 Å². The highest BCUT2D eigenvalue weighted by molar-refractivity contribution is 8.11. The third-order valence-corrected chi connectivity index (χ3v) is 4.14. The smallest absolute Gasteiger partial charge is 0.0708 e. The molecule has 17 heavy (non-hydrogen) atoms. The quantitative estimate of drug-likeness (QED) is 0.540. The Morgan fingerprint density at radius 2 is 2.47 bits per heavy atom. The summed E-state index contributed by atoms with van der Waals surface area (Å²) in [4.78, 5) is 0. The van der Waals surface area contributed by atoms with Crippen molar-refractivity contribution in [1.29, 1.82) is 0 Å². The minimum Gasteiger partial charge on any atom is -0.385 e. The summed E-state index contributed by atoms with van der Waals surface area (Å²) in [6.45, 7) is 5.49. The van der Waals surface area contributed by atoms with E-state index in [9.17, 15) is 0 Å². The third kappa shape index (κ3) is 2.92. The summed E-state index contributed by atoms with van der Waals surface area (Å²) in [5, 5.41) is 7.13. The zero-order valence-electron chi connectivity index (χ0n) is 10.4. The van der Waals surface area contributed by atoms with Gasteiger partial charge in [0.1, 0.15) is 0 Å². The average molecular weight is 268 g/mol. The number of nitrogens with one attached hydrogen (secondary N) is 2. The number of thiol groups is 1.